The Labute approximate surface area is 274 Å². The van der Waals surface area contributed by atoms with E-state index in [0.717, 1.165) is 60.3 Å². The summed E-state index contributed by atoms with van der Waals surface area (Å²) in [5.41, 5.74) is 5.71. The summed E-state index contributed by atoms with van der Waals surface area (Å²) in [6.07, 6.45) is 3.60. The first kappa shape index (κ1) is 42.2. The topological polar surface area (TPSA) is 58.0 Å². The third-order valence-corrected chi connectivity index (χ3v) is 5.20. The van der Waals surface area contributed by atoms with E-state index in [9.17, 15) is 50.4 Å². The Bertz CT molecular complexity index is 1430. The average Bonchev–Trinajstić information content (AvgIpc) is 2.90. The van der Waals surface area contributed by atoms with Crippen molar-refractivity contribution in [2.75, 3.05) is 27.2 Å². The van der Waals surface area contributed by atoms with Crippen molar-refractivity contribution in [1.82, 2.24) is 29.7 Å². The molecule has 0 fully saturated rings. The molecule has 4 aromatic rings. The van der Waals surface area contributed by atoms with Gasteiger partial charge in [0, 0.05) is 38.6 Å². The fourth-order valence-electron chi connectivity index (χ4n) is 3.50. The van der Waals surface area contributed by atoms with Crippen LogP contribution in [0.4, 0.5) is 50.4 Å². The largest absolute Gasteiger partial charge is 4.00 e. The van der Waals surface area contributed by atoms with Crippen LogP contribution in [0.15, 0.2) is 85.2 Å². The third-order valence-electron chi connectivity index (χ3n) is 5.20. The van der Waals surface area contributed by atoms with Crippen LogP contribution in [-0.2, 0) is 32.6 Å². The molecule has 0 aromatic carbocycles. The van der Waals surface area contributed by atoms with Gasteiger partial charge < -0.3 is 0 Å². The molecular formula is C26H28F12N6P2Ru+2. The minimum absolute atomic E-state index is 0. The summed E-state index contributed by atoms with van der Waals surface area (Å²) in [6, 6.07) is 24.0. The van der Waals surface area contributed by atoms with Crippen molar-refractivity contribution >= 4 is 15.6 Å². The predicted octanol–water partition coefficient (Wildman–Crippen LogP) is 10.9. The van der Waals surface area contributed by atoms with Crippen LogP contribution >= 0.6 is 15.6 Å². The molecule has 6 nitrogen and oxygen atoms in total. The van der Waals surface area contributed by atoms with E-state index in [1.165, 1.54) is 0 Å². The zero-order chi connectivity index (χ0) is 35.0. The first-order valence-electron chi connectivity index (χ1n) is 12.8. The monoisotopic (exact) mass is 816 g/mol. The van der Waals surface area contributed by atoms with Gasteiger partial charge in [-0.1, -0.05) is 24.3 Å². The van der Waals surface area contributed by atoms with Crippen molar-refractivity contribution in [2.45, 2.75) is 13.1 Å². The third kappa shape index (κ3) is 24.9. The Morgan fingerprint density at radius 3 is 1.04 bits per heavy atom. The molecule has 0 aliphatic heterocycles. The van der Waals surface area contributed by atoms with Crippen LogP contribution in [0.25, 0.3) is 22.8 Å². The number of likely N-dealkylation sites (N-methyl/N-ethyl adjacent to an activating group) is 2. The van der Waals surface area contributed by atoms with E-state index in [4.69, 9.17) is 9.97 Å². The van der Waals surface area contributed by atoms with Gasteiger partial charge in [0.05, 0.1) is 34.2 Å². The number of hydrogen-bond donors (Lipinski definition) is 0. The Morgan fingerprint density at radius 1 is 0.468 bits per heavy atom. The van der Waals surface area contributed by atoms with Crippen LogP contribution in [0, 0.1) is 0 Å². The van der Waals surface area contributed by atoms with E-state index in [2.05, 4.69) is 46.0 Å². The van der Waals surface area contributed by atoms with Crippen molar-refractivity contribution in [2.24, 2.45) is 0 Å². The van der Waals surface area contributed by atoms with Crippen molar-refractivity contribution in [1.29, 1.82) is 0 Å². The summed E-state index contributed by atoms with van der Waals surface area (Å²) >= 11 is 0. The van der Waals surface area contributed by atoms with Gasteiger partial charge in [-0.3, -0.25) is 19.8 Å². The summed E-state index contributed by atoms with van der Waals surface area (Å²) < 4.78 is 118. The molecule has 21 heteroatoms. The first-order chi connectivity index (χ1) is 20.6. The maximum absolute atomic E-state index is 10.7. The smallest absolute Gasteiger partial charge is 4.00 e. The maximum Gasteiger partial charge on any atom is 4.00 e. The Hall–Kier alpha value is -2.84. The molecule has 0 bridgehead atoms. The summed E-state index contributed by atoms with van der Waals surface area (Å²) in [7, 11) is -17.1. The van der Waals surface area contributed by atoms with E-state index in [-0.39, 0.29) is 19.5 Å². The molecule has 0 aliphatic carbocycles. The zero-order valence-corrected chi connectivity index (χ0v) is 27.9. The maximum atomic E-state index is 9.87. The molecule has 0 saturated carbocycles. The second-order valence-corrected chi connectivity index (χ2v) is 13.7. The Balaban J connectivity index is 0.000000619. The van der Waals surface area contributed by atoms with Crippen molar-refractivity contribution in [3.8, 4) is 22.8 Å². The summed E-state index contributed by atoms with van der Waals surface area (Å²) in [5.74, 6) is 0. The molecule has 262 valence electrons. The molecule has 4 heterocycles. The predicted molar refractivity (Wildman–Crippen MR) is 155 cm³/mol. The van der Waals surface area contributed by atoms with Gasteiger partial charge in [-0.2, -0.15) is 0 Å². The van der Waals surface area contributed by atoms with Crippen LogP contribution in [0.2, 0.25) is 0 Å². The van der Waals surface area contributed by atoms with E-state index in [1.54, 1.807) is 12.4 Å². The molecule has 4 rings (SSSR count). The number of aromatic nitrogens is 4. The van der Waals surface area contributed by atoms with Gasteiger partial charge in [0.15, 0.2) is 0 Å². The van der Waals surface area contributed by atoms with E-state index in [1.807, 2.05) is 60.7 Å². The molecule has 0 radical (unpaired) electrons. The standard InChI is InChI=1S/C26H28N6.2F6P.Ru/c1-31(19-21-9-7-13-25(29-21)23-11-3-5-15-27-23)17-18-32(2)20-22-10-8-14-26(30-22)24-12-4-6-16-28-24;2*1-7(2,3,4,5)6;/h3-16H,17-20H2,1-2H3;;;/q;2*-1;+4. The second kappa shape index (κ2) is 14.3. The number of halogens is 12. The second-order valence-electron chi connectivity index (χ2n) is 9.85. The molecule has 47 heavy (non-hydrogen) atoms. The van der Waals surface area contributed by atoms with Gasteiger partial charge in [-0.05, 0) is 62.6 Å². The van der Waals surface area contributed by atoms with E-state index < -0.39 is 15.6 Å². The molecule has 0 aliphatic rings. The summed E-state index contributed by atoms with van der Waals surface area (Å²) in [4.78, 5) is 22.9. The summed E-state index contributed by atoms with van der Waals surface area (Å²) in [5, 5.41) is 0. The van der Waals surface area contributed by atoms with E-state index >= 15 is 0 Å². The number of nitrogens with zero attached hydrogens (tertiary/aromatic N) is 6. The normalized spacial score (nSPS) is 14.6. The van der Waals surface area contributed by atoms with E-state index in [0.29, 0.717) is 0 Å². The van der Waals surface area contributed by atoms with Gasteiger partial charge in [0.1, 0.15) is 0 Å². The Kier molecular flexibility index (Phi) is 12.9. The van der Waals surface area contributed by atoms with Crippen molar-refractivity contribution in [3.63, 3.8) is 0 Å². The fourth-order valence-corrected chi connectivity index (χ4v) is 3.50. The number of rotatable bonds is 9. The van der Waals surface area contributed by atoms with Crippen molar-refractivity contribution < 1.29 is 69.8 Å². The molecular weight excluding hydrogens is 787 g/mol. The quantitative estimate of drug-likeness (QED) is 0.0953. The minimum Gasteiger partial charge on any atom is 4.00 e. The van der Waals surface area contributed by atoms with Gasteiger partial charge in [0.2, 0.25) is 0 Å². The fraction of sp³-hybridized carbons (Fsp3) is 0.231. The average molecular weight is 816 g/mol. The summed E-state index contributed by atoms with van der Waals surface area (Å²) in [6.45, 7) is 3.46. The van der Waals surface area contributed by atoms with Crippen LogP contribution in [0.1, 0.15) is 11.4 Å². The van der Waals surface area contributed by atoms with Crippen LogP contribution < -0.4 is 0 Å². The van der Waals surface area contributed by atoms with Crippen LogP contribution in [0.5, 0.6) is 0 Å². The van der Waals surface area contributed by atoms with Gasteiger partial charge >= 0.3 is 85.5 Å². The van der Waals surface area contributed by atoms with Crippen molar-refractivity contribution in [3.05, 3.63) is 96.6 Å². The molecule has 0 atom stereocenters. The number of hydrogen-bond acceptors (Lipinski definition) is 6. The van der Waals surface area contributed by atoms with Crippen LogP contribution in [-0.4, -0.2) is 56.9 Å². The van der Waals surface area contributed by atoms with Crippen LogP contribution in [0.3, 0.4) is 0 Å². The molecule has 0 unspecified atom stereocenters. The SMILES string of the molecule is CN(CCN(C)Cc1cccc(-c2ccccn2)n1)Cc1cccc(-c2ccccn2)n1.F[P-](F)(F)(F)(F)F.F[P-](F)(F)(F)(F)F.[Ru+4]. The molecule has 0 saturated heterocycles. The molecule has 0 spiro atoms. The first-order valence-corrected chi connectivity index (χ1v) is 16.9. The van der Waals surface area contributed by atoms with Gasteiger partial charge in [-0.15, -0.1) is 0 Å². The van der Waals surface area contributed by atoms with Gasteiger partial charge in [0.25, 0.3) is 0 Å². The molecule has 4 aromatic heterocycles. The molecule has 0 N–H and O–H groups in total. The Morgan fingerprint density at radius 2 is 0.766 bits per heavy atom. The molecule has 0 amide bonds. The minimum atomic E-state index is -10.7. The zero-order valence-electron chi connectivity index (χ0n) is 24.4. The number of pyridine rings is 4. The van der Waals surface area contributed by atoms with Gasteiger partial charge in [-0.25, -0.2) is 9.97 Å².